The third-order valence-corrected chi connectivity index (χ3v) is 2.25. The minimum atomic E-state index is -1.37. The number of aliphatic carboxylic acids is 2. The van der Waals surface area contributed by atoms with E-state index in [0.29, 0.717) is 0 Å². The average molecular weight is 218 g/mol. The van der Waals surface area contributed by atoms with Crippen LogP contribution in [0.5, 0.6) is 0 Å². The molecule has 0 spiro atoms. The standard InChI is InChI=1S/C8H14O4.2Na/c1-5(2)8(3,7(11)12)4-6(9)10;;/h5H,4H2,1-3H3,(H,9,10)(H,11,12);;/q;2*+1/p-2/t8-;;/m0../s1. The van der Waals surface area contributed by atoms with Crippen molar-refractivity contribution < 1.29 is 78.9 Å². The van der Waals surface area contributed by atoms with Gasteiger partial charge in [0.05, 0.1) is 0 Å². The van der Waals surface area contributed by atoms with E-state index in [-0.39, 0.29) is 65.0 Å². The van der Waals surface area contributed by atoms with Crippen LogP contribution in [0.25, 0.3) is 0 Å². The quantitative estimate of drug-likeness (QED) is 0.439. The molecule has 0 fully saturated rings. The zero-order valence-corrected chi connectivity index (χ0v) is 13.4. The van der Waals surface area contributed by atoms with E-state index >= 15 is 0 Å². The van der Waals surface area contributed by atoms with Gasteiger partial charge in [-0.05, 0) is 12.3 Å². The summed E-state index contributed by atoms with van der Waals surface area (Å²) in [5, 5.41) is 20.8. The number of carboxylic acids is 2. The molecule has 0 heterocycles. The van der Waals surface area contributed by atoms with Gasteiger partial charge in [-0.2, -0.15) is 0 Å². The third-order valence-electron chi connectivity index (χ3n) is 2.25. The Morgan fingerprint density at radius 1 is 1.21 bits per heavy atom. The molecule has 0 rings (SSSR count). The molecule has 4 nitrogen and oxygen atoms in total. The number of carbonyl (C=O) groups is 2. The molecule has 0 unspecified atom stereocenters. The van der Waals surface area contributed by atoms with E-state index in [1.807, 2.05) is 0 Å². The summed E-state index contributed by atoms with van der Waals surface area (Å²) in [6.45, 7) is 4.63. The van der Waals surface area contributed by atoms with Crippen LogP contribution in [0.1, 0.15) is 27.2 Å². The minimum Gasteiger partial charge on any atom is -0.550 e. The molecule has 0 aliphatic rings. The van der Waals surface area contributed by atoms with Gasteiger partial charge in [0.1, 0.15) is 0 Å². The molecule has 0 bridgehead atoms. The molecule has 0 aromatic heterocycles. The van der Waals surface area contributed by atoms with E-state index in [1.165, 1.54) is 6.92 Å². The van der Waals surface area contributed by atoms with Gasteiger partial charge in [0, 0.05) is 17.4 Å². The van der Waals surface area contributed by atoms with Crippen molar-refractivity contribution in [2.45, 2.75) is 27.2 Å². The van der Waals surface area contributed by atoms with Crippen LogP contribution in [0, 0.1) is 11.3 Å². The van der Waals surface area contributed by atoms with Crippen molar-refractivity contribution in [3.63, 3.8) is 0 Å². The van der Waals surface area contributed by atoms with Crippen LogP contribution in [-0.2, 0) is 9.59 Å². The van der Waals surface area contributed by atoms with Gasteiger partial charge in [-0.1, -0.05) is 20.8 Å². The van der Waals surface area contributed by atoms with Gasteiger partial charge < -0.3 is 19.8 Å². The summed E-state index contributed by atoms with van der Waals surface area (Å²) in [6, 6.07) is 0. The van der Waals surface area contributed by atoms with Crippen molar-refractivity contribution in [1.29, 1.82) is 0 Å². The van der Waals surface area contributed by atoms with Crippen molar-refractivity contribution in [2.24, 2.45) is 11.3 Å². The first kappa shape index (κ1) is 20.4. The van der Waals surface area contributed by atoms with E-state index in [4.69, 9.17) is 0 Å². The molecule has 0 aromatic rings. The number of hydrogen-bond donors (Lipinski definition) is 0. The molecular formula is C8H12Na2O4. The van der Waals surface area contributed by atoms with E-state index < -0.39 is 23.8 Å². The number of carbonyl (C=O) groups excluding carboxylic acids is 2. The van der Waals surface area contributed by atoms with Crippen LogP contribution in [0.4, 0.5) is 0 Å². The second-order valence-electron chi connectivity index (χ2n) is 3.41. The Labute approximate surface area is 128 Å². The van der Waals surface area contributed by atoms with Gasteiger partial charge >= 0.3 is 59.1 Å². The molecule has 1 atom stereocenters. The minimum absolute atomic E-state index is 0. The number of carboxylic acid groups (broad SMARTS) is 2. The number of hydrogen-bond acceptors (Lipinski definition) is 4. The van der Waals surface area contributed by atoms with Crippen molar-refractivity contribution in [1.82, 2.24) is 0 Å². The second-order valence-corrected chi connectivity index (χ2v) is 3.41. The largest absolute Gasteiger partial charge is 1.00 e. The molecule has 0 amide bonds. The SMILES string of the molecule is CC(C)[C@](C)(CC(=O)[O-])C(=O)[O-].[Na+].[Na+]. The van der Waals surface area contributed by atoms with Crippen LogP contribution in [-0.4, -0.2) is 11.9 Å². The Morgan fingerprint density at radius 3 is 1.64 bits per heavy atom. The van der Waals surface area contributed by atoms with E-state index in [1.54, 1.807) is 13.8 Å². The zero-order valence-electron chi connectivity index (χ0n) is 9.42. The molecule has 0 aromatic carbocycles. The number of rotatable bonds is 4. The summed E-state index contributed by atoms with van der Waals surface area (Å²) in [7, 11) is 0. The van der Waals surface area contributed by atoms with E-state index in [2.05, 4.69) is 0 Å². The Hall–Kier alpha value is 0.940. The topological polar surface area (TPSA) is 80.3 Å². The molecule has 6 heteroatoms. The Morgan fingerprint density at radius 2 is 1.57 bits per heavy atom. The van der Waals surface area contributed by atoms with Crippen LogP contribution in [0.2, 0.25) is 0 Å². The monoisotopic (exact) mass is 218 g/mol. The summed E-state index contributed by atoms with van der Waals surface area (Å²) in [6.07, 6.45) is -0.507. The maximum absolute atomic E-state index is 10.6. The molecule has 0 saturated heterocycles. The molecule has 0 saturated carbocycles. The molecule has 0 aliphatic carbocycles. The maximum Gasteiger partial charge on any atom is 1.00 e. The molecular weight excluding hydrogens is 206 g/mol. The zero-order chi connectivity index (χ0) is 9.94. The first-order valence-corrected chi connectivity index (χ1v) is 3.72. The van der Waals surface area contributed by atoms with Gasteiger partial charge in [-0.15, -0.1) is 0 Å². The Bertz CT molecular complexity index is 206. The third kappa shape index (κ3) is 5.73. The first-order chi connectivity index (χ1) is 5.30. The van der Waals surface area contributed by atoms with Gasteiger partial charge in [0.25, 0.3) is 0 Å². The van der Waals surface area contributed by atoms with Gasteiger partial charge in [-0.3, -0.25) is 0 Å². The fourth-order valence-electron chi connectivity index (χ4n) is 0.812. The summed E-state index contributed by atoms with van der Waals surface area (Å²) in [5.74, 6) is -3.00. The predicted molar refractivity (Wildman–Crippen MR) is 37.6 cm³/mol. The summed E-state index contributed by atoms with van der Waals surface area (Å²) in [4.78, 5) is 20.8. The van der Waals surface area contributed by atoms with Crippen LogP contribution in [0.15, 0.2) is 0 Å². The summed E-state index contributed by atoms with van der Waals surface area (Å²) in [5.41, 5.74) is -1.33. The van der Waals surface area contributed by atoms with Crippen molar-refractivity contribution in [3.05, 3.63) is 0 Å². The van der Waals surface area contributed by atoms with Crippen molar-refractivity contribution in [3.8, 4) is 0 Å². The van der Waals surface area contributed by atoms with E-state index in [9.17, 15) is 19.8 Å². The first-order valence-electron chi connectivity index (χ1n) is 3.72. The molecule has 70 valence electrons. The van der Waals surface area contributed by atoms with Crippen molar-refractivity contribution in [2.75, 3.05) is 0 Å². The normalized spacial score (nSPS) is 13.4. The second kappa shape index (κ2) is 8.13. The van der Waals surface area contributed by atoms with Gasteiger partial charge in [0.2, 0.25) is 0 Å². The molecule has 14 heavy (non-hydrogen) atoms. The Balaban J connectivity index is -0.000000605. The summed E-state index contributed by atoms with van der Waals surface area (Å²) >= 11 is 0. The smallest absolute Gasteiger partial charge is 0.550 e. The molecule has 0 aliphatic heterocycles. The average Bonchev–Trinajstić information content (AvgIpc) is 1.84. The summed E-state index contributed by atoms with van der Waals surface area (Å²) < 4.78 is 0. The fraction of sp³-hybridized carbons (Fsp3) is 0.750. The van der Waals surface area contributed by atoms with Gasteiger partial charge in [-0.25, -0.2) is 0 Å². The van der Waals surface area contributed by atoms with Crippen LogP contribution in [0.3, 0.4) is 0 Å². The maximum atomic E-state index is 10.6. The Kier molecular flexibility index (Phi) is 11.8. The molecule has 0 N–H and O–H groups in total. The predicted octanol–water partition coefficient (Wildman–Crippen LogP) is -7.45. The molecule has 0 radical (unpaired) electrons. The van der Waals surface area contributed by atoms with Crippen molar-refractivity contribution >= 4 is 11.9 Å². The fourth-order valence-corrected chi connectivity index (χ4v) is 0.812. The van der Waals surface area contributed by atoms with Crippen LogP contribution < -0.4 is 69.3 Å². The van der Waals surface area contributed by atoms with E-state index in [0.717, 1.165) is 0 Å². The van der Waals surface area contributed by atoms with Gasteiger partial charge in [0.15, 0.2) is 0 Å². The van der Waals surface area contributed by atoms with Crippen LogP contribution >= 0.6 is 0 Å².